The van der Waals surface area contributed by atoms with Crippen molar-refractivity contribution >= 4 is 35.1 Å². The molecule has 2 heterocycles. The molecule has 2 fully saturated rings. The zero-order chi connectivity index (χ0) is 32.9. The molecule has 1 aliphatic carbocycles. The van der Waals surface area contributed by atoms with Crippen LogP contribution in [0.25, 0.3) is 10.9 Å². The van der Waals surface area contributed by atoms with Crippen molar-refractivity contribution in [1.29, 1.82) is 0 Å². The average Bonchev–Trinajstić information content (AvgIpc) is 3.33. The van der Waals surface area contributed by atoms with E-state index in [2.05, 4.69) is 0 Å². The third kappa shape index (κ3) is 10.7. The fourth-order valence-corrected chi connectivity index (χ4v) is 6.00. The minimum atomic E-state index is -1.04. The van der Waals surface area contributed by atoms with Crippen LogP contribution >= 0.6 is 12.4 Å². The average molecular weight is 691 g/mol. The predicted octanol–water partition coefficient (Wildman–Crippen LogP) is 2.51. The lowest BCUT2D eigenvalue weighted by Gasteiger charge is -2.37. The van der Waals surface area contributed by atoms with E-state index in [-0.39, 0.29) is 73.4 Å². The zero-order valence-corrected chi connectivity index (χ0v) is 27.9. The number of carbonyl (C=O) groups is 2. The molecule has 0 bridgehead atoms. The molecule has 1 aliphatic heterocycles. The predicted molar refractivity (Wildman–Crippen MR) is 173 cm³/mol. The van der Waals surface area contributed by atoms with Gasteiger partial charge in [-0.25, -0.2) is 8.78 Å². The molecule has 1 atom stereocenters. The van der Waals surface area contributed by atoms with E-state index in [1.807, 2.05) is 0 Å². The third-order valence-corrected chi connectivity index (χ3v) is 8.54. The first-order valence-corrected chi connectivity index (χ1v) is 16.2. The van der Waals surface area contributed by atoms with Crippen molar-refractivity contribution in [3.63, 3.8) is 0 Å². The molecular weight excluding hydrogens is 642 g/mol. The lowest BCUT2D eigenvalue weighted by molar-refractivity contribution is -0.135. The fraction of sp³-hybridized carbons (Fsp3) is 0.688. The van der Waals surface area contributed by atoms with Gasteiger partial charge >= 0.3 is 0 Å². The SMILES string of the molecule is Cl.Cn1c(C(=O)N2CCN(C(=O)C(N)C3CCCCC3)CC2)c(OCCOCCOCCOCCOCCO)c2cc(F)c(F)cc21. The summed E-state index contributed by atoms with van der Waals surface area (Å²) in [6, 6.07) is 1.56. The van der Waals surface area contributed by atoms with Gasteiger partial charge < -0.3 is 48.9 Å². The minimum Gasteiger partial charge on any atom is -0.488 e. The summed E-state index contributed by atoms with van der Waals surface area (Å²) in [4.78, 5) is 30.3. The van der Waals surface area contributed by atoms with Crippen LogP contribution in [0.2, 0.25) is 0 Å². The number of aliphatic hydroxyl groups excluding tert-OH is 1. The molecule has 3 N–H and O–H groups in total. The Morgan fingerprint density at radius 2 is 1.34 bits per heavy atom. The van der Waals surface area contributed by atoms with Gasteiger partial charge in [0.2, 0.25) is 5.91 Å². The lowest BCUT2D eigenvalue weighted by Crippen LogP contribution is -2.56. The number of fused-ring (bicyclic) bond motifs is 1. The highest BCUT2D eigenvalue weighted by Crippen LogP contribution is 2.35. The second-order valence-corrected chi connectivity index (χ2v) is 11.6. The van der Waals surface area contributed by atoms with Crippen molar-refractivity contribution < 1.29 is 47.2 Å². The molecule has 47 heavy (non-hydrogen) atoms. The molecule has 2 amide bonds. The molecule has 1 saturated carbocycles. The second-order valence-electron chi connectivity index (χ2n) is 11.6. The van der Waals surface area contributed by atoms with Gasteiger partial charge in [-0.05, 0) is 24.8 Å². The molecule has 2 aliphatic rings. The maximum atomic E-state index is 14.3. The summed E-state index contributed by atoms with van der Waals surface area (Å²) in [7, 11) is 1.61. The van der Waals surface area contributed by atoms with E-state index >= 15 is 0 Å². The number of nitrogens with two attached hydrogens (primary N) is 1. The van der Waals surface area contributed by atoms with E-state index in [9.17, 15) is 18.4 Å². The van der Waals surface area contributed by atoms with Crippen molar-refractivity contribution in [2.24, 2.45) is 18.7 Å². The monoisotopic (exact) mass is 690 g/mol. The highest BCUT2D eigenvalue weighted by Gasteiger charge is 2.34. The molecule has 1 aromatic heterocycles. The van der Waals surface area contributed by atoms with Gasteiger partial charge in [-0.2, -0.15) is 0 Å². The second kappa shape index (κ2) is 20.0. The molecular formula is C32H49ClF2N4O8. The molecule has 1 unspecified atom stereocenters. The van der Waals surface area contributed by atoms with Gasteiger partial charge in [-0.15, -0.1) is 12.4 Å². The number of ether oxygens (including phenoxy) is 5. The number of aryl methyl sites for hydroxylation is 1. The molecule has 2 aromatic rings. The topological polar surface area (TPSA) is 138 Å². The van der Waals surface area contributed by atoms with Crippen LogP contribution in [0, 0.1) is 17.6 Å². The van der Waals surface area contributed by atoms with E-state index in [1.54, 1.807) is 16.8 Å². The molecule has 0 radical (unpaired) electrons. The van der Waals surface area contributed by atoms with Crippen LogP contribution in [0.1, 0.15) is 42.6 Å². The summed E-state index contributed by atoms with van der Waals surface area (Å²) in [5.41, 5.74) is 6.85. The van der Waals surface area contributed by atoms with Gasteiger partial charge in [0.1, 0.15) is 6.61 Å². The van der Waals surface area contributed by atoms with Crippen LogP contribution in [0.15, 0.2) is 12.1 Å². The molecule has 1 saturated heterocycles. The van der Waals surface area contributed by atoms with Crippen molar-refractivity contribution in [2.45, 2.75) is 38.1 Å². The molecule has 12 nitrogen and oxygen atoms in total. The Hall–Kier alpha value is -2.59. The molecule has 0 spiro atoms. The Balaban J connectivity index is 0.00000600. The number of piperazine rings is 1. The number of benzene rings is 1. The number of rotatable bonds is 18. The van der Waals surface area contributed by atoms with Crippen LogP contribution in [-0.4, -0.2) is 130 Å². The van der Waals surface area contributed by atoms with Gasteiger partial charge in [-0.3, -0.25) is 9.59 Å². The summed E-state index contributed by atoms with van der Waals surface area (Å²) in [6.07, 6.45) is 5.31. The van der Waals surface area contributed by atoms with Crippen LogP contribution in [0.4, 0.5) is 8.78 Å². The van der Waals surface area contributed by atoms with Crippen molar-refractivity contribution in [3.8, 4) is 5.75 Å². The summed E-state index contributed by atoms with van der Waals surface area (Å²) in [5.74, 6) is -2.14. The summed E-state index contributed by atoms with van der Waals surface area (Å²) in [6.45, 7) is 4.08. The number of carbonyl (C=O) groups excluding carboxylic acids is 2. The van der Waals surface area contributed by atoms with Crippen molar-refractivity contribution in [1.82, 2.24) is 14.4 Å². The summed E-state index contributed by atoms with van der Waals surface area (Å²) < 4.78 is 57.5. The molecule has 15 heteroatoms. The molecule has 4 rings (SSSR count). The van der Waals surface area contributed by atoms with Crippen LogP contribution in [-0.2, 0) is 30.8 Å². The number of aliphatic hydroxyl groups is 1. The largest absolute Gasteiger partial charge is 0.488 e. The first-order chi connectivity index (χ1) is 22.3. The highest BCUT2D eigenvalue weighted by atomic mass is 35.5. The quantitative estimate of drug-likeness (QED) is 0.226. The number of aromatic nitrogens is 1. The van der Waals surface area contributed by atoms with Crippen LogP contribution < -0.4 is 10.5 Å². The van der Waals surface area contributed by atoms with E-state index in [0.29, 0.717) is 71.3 Å². The lowest BCUT2D eigenvalue weighted by atomic mass is 9.83. The van der Waals surface area contributed by atoms with Crippen molar-refractivity contribution in [3.05, 3.63) is 29.5 Å². The number of nitrogens with zero attached hydrogens (tertiary/aromatic N) is 3. The first-order valence-electron chi connectivity index (χ1n) is 16.2. The van der Waals surface area contributed by atoms with Gasteiger partial charge in [-0.1, -0.05) is 19.3 Å². The standard InChI is InChI=1S/C32H48F2N4O8.ClH/c1-36-27-22-26(34)25(33)21-24(27)30(46-20-19-45-18-17-44-16-15-43-14-13-42-12-11-39)29(36)32(41)38-9-7-37(8-10-38)31(40)28(35)23-5-3-2-4-6-23;/h21-23,28,39H,2-20,35H2,1H3;1H. The Kier molecular flexibility index (Phi) is 16.6. The minimum absolute atomic E-state index is 0. The van der Waals surface area contributed by atoms with E-state index in [4.69, 9.17) is 34.5 Å². The molecule has 1 aromatic carbocycles. The van der Waals surface area contributed by atoms with Crippen molar-refractivity contribution in [2.75, 3.05) is 92.2 Å². The summed E-state index contributed by atoms with van der Waals surface area (Å²) >= 11 is 0. The van der Waals surface area contributed by atoms with Crippen LogP contribution in [0.5, 0.6) is 5.75 Å². The first kappa shape index (κ1) is 38.9. The van der Waals surface area contributed by atoms with E-state index < -0.39 is 17.7 Å². The Bertz CT molecular complexity index is 1270. The van der Waals surface area contributed by atoms with E-state index in [0.717, 1.165) is 37.8 Å². The number of amides is 2. The maximum absolute atomic E-state index is 14.3. The Labute approximate surface area is 280 Å². The third-order valence-electron chi connectivity index (χ3n) is 8.54. The number of hydrogen-bond donors (Lipinski definition) is 2. The van der Waals surface area contributed by atoms with Gasteiger partial charge in [0.15, 0.2) is 23.1 Å². The highest BCUT2D eigenvalue weighted by molar-refractivity contribution is 6.04. The normalized spacial score (nSPS) is 16.4. The zero-order valence-electron chi connectivity index (χ0n) is 27.1. The van der Waals surface area contributed by atoms with Gasteiger partial charge in [0.05, 0.1) is 71.0 Å². The van der Waals surface area contributed by atoms with Crippen LogP contribution in [0.3, 0.4) is 0 Å². The Morgan fingerprint density at radius 1 is 0.830 bits per heavy atom. The molecule has 266 valence electrons. The summed E-state index contributed by atoms with van der Waals surface area (Å²) in [5, 5.41) is 8.93. The van der Waals surface area contributed by atoms with Gasteiger partial charge in [0.25, 0.3) is 5.91 Å². The maximum Gasteiger partial charge on any atom is 0.274 e. The number of hydrogen-bond acceptors (Lipinski definition) is 9. The Morgan fingerprint density at radius 3 is 1.91 bits per heavy atom. The fourth-order valence-electron chi connectivity index (χ4n) is 6.00. The number of halogens is 3. The van der Waals surface area contributed by atoms with Gasteiger partial charge in [0, 0.05) is 44.7 Å². The smallest absolute Gasteiger partial charge is 0.274 e. The van der Waals surface area contributed by atoms with E-state index in [1.165, 1.54) is 11.0 Å².